The molecule has 1 fully saturated rings. The van der Waals surface area contributed by atoms with E-state index in [0.29, 0.717) is 0 Å². The van der Waals surface area contributed by atoms with Crippen LogP contribution in [0.25, 0.3) is 10.8 Å². The predicted molar refractivity (Wildman–Crippen MR) is 99.3 cm³/mol. The van der Waals surface area contributed by atoms with Crippen LogP contribution in [0.4, 0.5) is 4.79 Å². The molecule has 25 heavy (non-hydrogen) atoms. The highest BCUT2D eigenvalue weighted by Crippen LogP contribution is 2.36. The van der Waals surface area contributed by atoms with Crippen LogP contribution < -0.4 is 5.46 Å². The van der Waals surface area contributed by atoms with Gasteiger partial charge in [0.05, 0.1) is 11.2 Å². The highest BCUT2D eigenvalue weighted by atomic mass is 16.7. The lowest BCUT2D eigenvalue weighted by Crippen LogP contribution is -2.41. The summed E-state index contributed by atoms with van der Waals surface area (Å²) in [6.07, 6.45) is 3.16. The smallest absolute Gasteiger partial charge is 0.443 e. The van der Waals surface area contributed by atoms with Gasteiger partial charge in [0, 0.05) is 12.4 Å². The Kier molecular flexibility index (Phi) is 4.04. The van der Waals surface area contributed by atoms with Crippen molar-refractivity contribution in [2.45, 2.75) is 65.3 Å². The van der Waals surface area contributed by atoms with Crippen LogP contribution in [0.5, 0.6) is 0 Å². The van der Waals surface area contributed by atoms with Crippen molar-refractivity contribution in [1.29, 1.82) is 0 Å². The van der Waals surface area contributed by atoms with Gasteiger partial charge in [0.1, 0.15) is 5.60 Å². The molecule has 2 heterocycles. The lowest BCUT2D eigenvalue weighted by Gasteiger charge is -2.32. The minimum atomic E-state index is -0.526. The third-order valence-electron chi connectivity index (χ3n) is 4.80. The minimum Gasteiger partial charge on any atom is -0.443 e. The summed E-state index contributed by atoms with van der Waals surface area (Å²) in [5.74, 6) is 0. The van der Waals surface area contributed by atoms with Crippen LogP contribution in [0.2, 0.25) is 0 Å². The Bertz CT molecular complexity index is 800. The molecule has 1 aliphatic heterocycles. The fraction of sp³-hybridized carbons (Fsp3) is 0.526. The van der Waals surface area contributed by atoms with E-state index in [1.165, 1.54) is 4.57 Å². The zero-order valence-electron chi connectivity index (χ0n) is 16.0. The van der Waals surface area contributed by atoms with E-state index in [0.717, 1.165) is 16.2 Å². The van der Waals surface area contributed by atoms with Gasteiger partial charge in [-0.05, 0) is 64.7 Å². The van der Waals surface area contributed by atoms with Gasteiger partial charge in [-0.3, -0.25) is 4.57 Å². The summed E-state index contributed by atoms with van der Waals surface area (Å²) in [6, 6.07) is 5.94. The molecular formula is C19H26BNO4. The van der Waals surface area contributed by atoms with Crippen molar-refractivity contribution in [3.8, 4) is 0 Å². The van der Waals surface area contributed by atoms with Gasteiger partial charge < -0.3 is 14.0 Å². The summed E-state index contributed by atoms with van der Waals surface area (Å²) in [5, 5.41) is 1.91. The lowest BCUT2D eigenvalue weighted by atomic mass is 9.78. The van der Waals surface area contributed by atoms with Crippen molar-refractivity contribution >= 4 is 29.4 Å². The number of carbonyl (C=O) groups is 1. The molecule has 3 rings (SSSR count). The Balaban J connectivity index is 1.88. The molecule has 0 amide bonds. The third kappa shape index (κ3) is 3.46. The molecule has 0 N–H and O–H groups in total. The summed E-state index contributed by atoms with van der Waals surface area (Å²) < 4.78 is 19.1. The summed E-state index contributed by atoms with van der Waals surface area (Å²) in [7, 11) is -0.417. The average molecular weight is 343 g/mol. The summed E-state index contributed by atoms with van der Waals surface area (Å²) in [6.45, 7) is 13.7. The van der Waals surface area contributed by atoms with Crippen molar-refractivity contribution < 1.29 is 18.8 Å². The number of hydrogen-bond acceptors (Lipinski definition) is 4. The van der Waals surface area contributed by atoms with E-state index in [-0.39, 0.29) is 17.3 Å². The first-order valence-electron chi connectivity index (χ1n) is 8.59. The van der Waals surface area contributed by atoms with Crippen LogP contribution in [0, 0.1) is 0 Å². The van der Waals surface area contributed by atoms with Crippen molar-refractivity contribution in [1.82, 2.24) is 4.57 Å². The molecule has 1 aliphatic rings. The molecular weight excluding hydrogens is 317 g/mol. The molecule has 1 aromatic heterocycles. The molecule has 0 bridgehead atoms. The molecule has 0 radical (unpaired) electrons. The number of rotatable bonds is 1. The van der Waals surface area contributed by atoms with Crippen LogP contribution in [0.1, 0.15) is 48.5 Å². The zero-order chi connectivity index (χ0) is 18.6. The first-order chi connectivity index (χ1) is 11.4. The largest absolute Gasteiger partial charge is 0.494 e. The van der Waals surface area contributed by atoms with E-state index < -0.39 is 12.7 Å². The summed E-state index contributed by atoms with van der Waals surface area (Å²) in [4.78, 5) is 12.2. The van der Waals surface area contributed by atoms with Crippen LogP contribution >= 0.6 is 0 Å². The van der Waals surface area contributed by atoms with Gasteiger partial charge in [-0.1, -0.05) is 18.2 Å². The first-order valence-corrected chi connectivity index (χ1v) is 8.59. The molecule has 1 aromatic carbocycles. The topological polar surface area (TPSA) is 49.7 Å². The Morgan fingerprint density at radius 1 is 1.04 bits per heavy atom. The monoisotopic (exact) mass is 343 g/mol. The average Bonchev–Trinajstić information content (AvgIpc) is 2.95. The number of aromatic nitrogens is 1. The van der Waals surface area contributed by atoms with Crippen molar-refractivity contribution in [3.63, 3.8) is 0 Å². The van der Waals surface area contributed by atoms with Gasteiger partial charge in [-0.25, -0.2) is 4.79 Å². The molecule has 2 aromatic rings. The number of ether oxygens (including phenoxy) is 1. The van der Waals surface area contributed by atoms with Gasteiger partial charge in [-0.2, -0.15) is 0 Å². The standard InChI is InChI=1S/C19H26BNO4/c1-17(2,3)23-16(22)21-11-13-8-9-15(10-14(13)12-21)20-24-18(4,5)19(6,7)25-20/h8-12H,1-7H3. The second-order valence-corrected chi connectivity index (χ2v) is 8.62. The first kappa shape index (κ1) is 18.0. The van der Waals surface area contributed by atoms with Gasteiger partial charge in [0.15, 0.2) is 0 Å². The maximum Gasteiger partial charge on any atom is 0.494 e. The number of fused-ring (bicyclic) bond motifs is 1. The van der Waals surface area contributed by atoms with E-state index in [2.05, 4.69) is 0 Å². The van der Waals surface area contributed by atoms with Crippen LogP contribution in [0.3, 0.4) is 0 Å². The molecule has 0 aliphatic carbocycles. The number of hydrogen-bond donors (Lipinski definition) is 0. The quantitative estimate of drug-likeness (QED) is 0.741. The van der Waals surface area contributed by atoms with Crippen molar-refractivity contribution in [3.05, 3.63) is 30.6 Å². The Labute approximate surface area is 149 Å². The SMILES string of the molecule is CC(C)(C)OC(=O)n1cc2ccc(B3OC(C)(C)C(C)(C)O3)cc2c1. The fourth-order valence-electron chi connectivity index (χ4n) is 2.71. The minimum absolute atomic E-state index is 0.380. The predicted octanol–water partition coefficient (Wildman–Crippen LogP) is 3.72. The summed E-state index contributed by atoms with van der Waals surface area (Å²) in [5.41, 5.74) is -0.348. The molecule has 0 saturated carbocycles. The van der Waals surface area contributed by atoms with Crippen molar-refractivity contribution in [2.24, 2.45) is 0 Å². The second-order valence-electron chi connectivity index (χ2n) is 8.62. The van der Waals surface area contributed by atoms with E-state index >= 15 is 0 Å². The molecule has 134 valence electrons. The molecule has 0 unspecified atom stereocenters. The Morgan fingerprint density at radius 2 is 1.60 bits per heavy atom. The van der Waals surface area contributed by atoms with Crippen LogP contribution in [-0.2, 0) is 14.0 Å². The molecule has 5 nitrogen and oxygen atoms in total. The Hall–Kier alpha value is -1.79. The number of nitrogens with zero attached hydrogens (tertiary/aromatic N) is 1. The van der Waals surface area contributed by atoms with Crippen molar-refractivity contribution in [2.75, 3.05) is 0 Å². The normalized spacial score (nSPS) is 19.4. The third-order valence-corrected chi connectivity index (χ3v) is 4.80. The fourth-order valence-corrected chi connectivity index (χ4v) is 2.71. The maximum absolute atomic E-state index is 12.2. The lowest BCUT2D eigenvalue weighted by molar-refractivity contribution is 0.00578. The van der Waals surface area contributed by atoms with Gasteiger partial charge >= 0.3 is 13.2 Å². The van der Waals surface area contributed by atoms with E-state index in [1.54, 1.807) is 12.4 Å². The molecule has 6 heteroatoms. The summed E-state index contributed by atoms with van der Waals surface area (Å²) >= 11 is 0. The second kappa shape index (κ2) is 5.61. The molecule has 1 saturated heterocycles. The van der Waals surface area contributed by atoms with E-state index in [1.807, 2.05) is 66.7 Å². The van der Waals surface area contributed by atoms with Crippen LogP contribution in [-0.4, -0.2) is 34.6 Å². The maximum atomic E-state index is 12.2. The number of benzene rings is 1. The number of carbonyl (C=O) groups excluding carboxylic acids is 1. The highest BCUT2D eigenvalue weighted by Gasteiger charge is 2.51. The van der Waals surface area contributed by atoms with E-state index in [9.17, 15) is 4.79 Å². The Morgan fingerprint density at radius 3 is 2.16 bits per heavy atom. The van der Waals surface area contributed by atoms with Gasteiger partial charge in [0.2, 0.25) is 0 Å². The zero-order valence-corrected chi connectivity index (χ0v) is 16.0. The van der Waals surface area contributed by atoms with Gasteiger partial charge in [-0.15, -0.1) is 0 Å². The van der Waals surface area contributed by atoms with E-state index in [4.69, 9.17) is 14.0 Å². The molecule has 0 atom stereocenters. The van der Waals surface area contributed by atoms with Gasteiger partial charge in [0.25, 0.3) is 0 Å². The van der Waals surface area contributed by atoms with Crippen LogP contribution in [0.15, 0.2) is 30.6 Å². The molecule has 0 spiro atoms. The highest BCUT2D eigenvalue weighted by molar-refractivity contribution is 6.62.